The van der Waals surface area contributed by atoms with Gasteiger partial charge in [0.2, 0.25) is 6.79 Å². The molecule has 2 aromatic heterocycles. The molecular weight excluding hydrogens is 388 g/mol. The van der Waals surface area contributed by atoms with E-state index in [1.807, 2.05) is 25.1 Å². The highest BCUT2D eigenvalue weighted by Crippen LogP contribution is 2.38. The molecule has 2 aliphatic heterocycles. The summed E-state index contributed by atoms with van der Waals surface area (Å²) in [6.45, 7) is 7.05. The first-order valence-electron chi connectivity index (χ1n) is 9.98. The van der Waals surface area contributed by atoms with E-state index in [-0.39, 0.29) is 6.79 Å². The molecule has 0 aliphatic carbocycles. The van der Waals surface area contributed by atoms with Crippen molar-refractivity contribution < 1.29 is 14.2 Å². The molecule has 0 bridgehead atoms. The molecule has 0 amide bonds. The molecule has 0 saturated carbocycles. The second-order valence-electron chi connectivity index (χ2n) is 7.33. The molecule has 3 aromatic rings. The fourth-order valence-corrected chi connectivity index (χ4v) is 4.50. The van der Waals surface area contributed by atoms with Crippen molar-refractivity contribution in [2.24, 2.45) is 0 Å². The van der Waals surface area contributed by atoms with Gasteiger partial charge in [-0.1, -0.05) is 0 Å². The number of rotatable bonds is 6. The van der Waals surface area contributed by atoms with Gasteiger partial charge in [0.1, 0.15) is 16.5 Å². The van der Waals surface area contributed by atoms with Crippen molar-refractivity contribution in [3.05, 3.63) is 35.1 Å². The fraction of sp³-hybridized carbons (Fsp3) is 0.429. The van der Waals surface area contributed by atoms with Gasteiger partial charge in [-0.25, -0.2) is 9.97 Å². The minimum Gasteiger partial charge on any atom is -0.454 e. The van der Waals surface area contributed by atoms with Gasteiger partial charge in [0.25, 0.3) is 0 Å². The van der Waals surface area contributed by atoms with Crippen molar-refractivity contribution in [3.8, 4) is 33.5 Å². The average molecular weight is 413 g/mol. The number of ether oxygens (including phenoxy) is 3. The van der Waals surface area contributed by atoms with Crippen molar-refractivity contribution in [2.45, 2.75) is 19.8 Å². The number of nitrogens with zero attached hydrogens (tertiary/aromatic N) is 3. The molecule has 1 saturated heterocycles. The zero-order valence-electron chi connectivity index (χ0n) is 16.4. The minimum absolute atomic E-state index is 0.271. The number of H-pyrrole nitrogens is 1. The molecule has 0 unspecified atom stereocenters. The molecule has 1 N–H and O–H groups in total. The molecule has 5 rings (SSSR count). The lowest BCUT2D eigenvalue weighted by Gasteiger charge is -2.26. The van der Waals surface area contributed by atoms with Gasteiger partial charge < -0.3 is 19.2 Å². The molecule has 29 heavy (non-hydrogen) atoms. The van der Waals surface area contributed by atoms with E-state index in [4.69, 9.17) is 19.2 Å². The van der Waals surface area contributed by atoms with Crippen LogP contribution in [-0.2, 0) is 11.2 Å². The number of morpholine rings is 1. The lowest BCUT2D eigenvalue weighted by Crippen LogP contribution is -2.36. The topological polar surface area (TPSA) is 72.5 Å². The highest BCUT2D eigenvalue weighted by Gasteiger charge is 2.20. The summed E-state index contributed by atoms with van der Waals surface area (Å²) in [7, 11) is 0. The molecular formula is C21H24N4O3S. The van der Waals surface area contributed by atoms with Crippen LogP contribution in [0.2, 0.25) is 0 Å². The summed E-state index contributed by atoms with van der Waals surface area (Å²) in [6.07, 6.45) is 1.96. The van der Waals surface area contributed by atoms with Gasteiger partial charge in [0.05, 0.1) is 18.9 Å². The number of hydrogen-bond donors (Lipinski definition) is 1. The summed E-state index contributed by atoms with van der Waals surface area (Å²) in [5, 5.41) is 3.00. The summed E-state index contributed by atoms with van der Waals surface area (Å²) in [6, 6.07) is 6.01. The fourth-order valence-electron chi connectivity index (χ4n) is 3.71. The number of fused-ring (bicyclic) bond motifs is 1. The van der Waals surface area contributed by atoms with Gasteiger partial charge in [-0.15, -0.1) is 11.3 Å². The SMILES string of the molecule is Cc1csc(-c2nc(CCCN3CCOCC3)[nH]c2-c2ccc3c(c2)OCO3)n1. The molecule has 7 nitrogen and oxygen atoms in total. The molecule has 1 fully saturated rings. The number of aryl methyl sites for hydroxylation is 2. The zero-order chi connectivity index (χ0) is 19.6. The van der Waals surface area contributed by atoms with E-state index in [1.165, 1.54) is 0 Å². The van der Waals surface area contributed by atoms with Crippen LogP contribution in [0.4, 0.5) is 0 Å². The molecule has 0 radical (unpaired) electrons. The highest BCUT2D eigenvalue weighted by molar-refractivity contribution is 7.13. The van der Waals surface area contributed by atoms with E-state index in [2.05, 4.69) is 20.2 Å². The number of aromatic nitrogens is 3. The van der Waals surface area contributed by atoms with Crippen LogP contribution in [0.25, 0.3) is 22.0 Å². The van der Waals surface area contributed by atoms with Crippen molar-refractivity contribution >= 4 is 11.3 Å². The van der Waals surface area contributed by atoms with Gasteiger partial charge in [-0.05, 0) is 38.1 Å². The van der Waals surface area contributed by atoms with E-state index in [1.54, 1.807) is 11.3 Å². The summed E-state index contributed by atoms with van der Waals surface area (Å²) >= 11 is 1.63. The number of thiazole rings is 1. The van der Waals surface area contributed by atoms with Crippen LogP contribution in [0.5, 0.6) is 11.5 Å². The predicted molar refractivity (Wildman–Crippen MR) is 112 cm³/mol. The number of hydrogen-bond acceptors (Lipinski definition) is 7. The van der Waals surface area contributed by atoms with Crippen LogP contribution < -0.4 is 9.47 Å². The van der Waals surface area contributed by atoms with Crippen molar-refractivity contribution in [3.63, 3.8) is 0 Å². The Morgan fingerprint density at radius 1 is 1.14 bits per heavy atom. The third-order valence-electron chi connectivity index (χ3n) is 5.23. The van der Waals surface area contributed by atoms with Crippen LogP contribution in [0.15, 0.2) is 23.6 Å². The zero-order valence-corrected chi connectivity index (χ0v) is 17.3. The van der Waals surface area contributed by atoms with Crippen molar-refractivity contribution in [1.82, 2.24) is 19.9 Å². The maximum Gasteiger partial charge on any atom is 0.231 e. The summed E-state index contributed by atoms with van der Waals surface area (Å²) in [4.78, 5) is 15.6. The first kappa shape index (κ1) is 18.6. The Balaban J connectivity index is 1.40. The Morgan fingerprint density at radius 2 is 2.00 bits per heavy atom. The monoisotopic (exact) mass is 412 g/mol. The van der Waals surface area contributed by atoms with Gasteiger partial charge in [0.15, 0.2) is 11.5 Å². The number of aromatic amines is 1. The number of imidazole rings is 1. The van der Waals surface area contributed by atoms with Crippen LogP contribution in [-0.4, -0.2) is 59.5 Å². The van der Waals surface area contributed by atoms with Crippen LogP contribution >= 0.6 is 11.3 Å². The largest absolute Gasteiger partial charge is 0.454 e. The molecule has 0 spiro atoms. The first-order chi connectivity index (χ1) is 14.3. The van der Waals surface area contributed by atoms with Crippen LogP contribution in [0.1, 0.15) is 17.9 Å². The Labute approximate surface area is 173 Å². The third-order valence-corrected chi connectivity index (χ3v) is 6.19. The minimum atomic E-state index is 0.271. The van der Waals surface area contributed by atoms with Gasteiger partial charge >= 0.3 is 0 Å². The lowest BCUT2D eigenvalue weighted by molar-refractivity contribution is 0.0374. The molecule has 4 heterocycles. The van der Waals surface area contributed by atoms with E-state index < -0.39 is 0 Å². The normalized spacial score (nSPS) is 16.4. The number of benzene rings is 1. The molecule has 152 valence electrons. The van der Waals surface area contributed by atoms with Gasteiger partial charge in [0, 0.05) is 36.1 Å². The van der Waals surface area contributed by atoms with Crippen LogP contribution in [0, 0.1) is 6.92 Å². The van der Waals surface area contributed by atoms with Crippen molar-refractivity contribution in [2.75, 3.05) is 39.6 Å². The van der Waals surface area contributed by atoms with Gasteiger partial charge in [-0.2, -0.15) is 0 Å². The van der Waals surface area contributed by atoms with Crippen LogP contribution in [0.3, 0.4) is 0 Å². The van der Waals surface area contributed by atoms with E-state index in [0.717, 1.165) is 90.7 Å². The van der Waals surface area contributed by atoms with E-state index >= 15 is 0 Å². The van der Waals surface area contributed by atoms with E-state index in [0.29, 0.717) is 0 Å². The molecule has 0 atom stereocenters. The van der Waals surface area contributed by atoms with Crippen molar-refractivity contribution in [1.29, 1.82) is 0 Å². The standard InChI is InChI=1S/C21H24N4O3S/c1-14-12-29-21(22-14)20-19(15-4-5-16-17(11-15)28-13-27-16)23-18(24-20)3-2-6-25-7-9-26-10-8-25/h4-5,11-12H,2-3,6-10,13H2,1H3,(H,23,24). The maximum atomic E-state index is 5.56. The average Bonchev–Trinajstić information content (AvgIpc) is 3.47. The summed E-state index contributed by atoms with van der Waals surface area (Å²) in [5.41, 5.74) is 3.94. The maximum absolute atomic E-state index is 5.56. The summed E-state index contributed by atoms with van der Waals surface area (Å²) < 4.78 is 16.4. The molecule has 1 aromatic carbocycles. The Hall–Kier alpha value is -2.42. The lowest BCUT2D eigenvalue weighted by atomic mass is 10.1. The second-order valence-corrected chi connectivity index (χ2v) is 8.18. The predicted octanol–water partition coefficient (Wildman–Crippen LogP) is 3.50. The highest BCUT2D eigenvalue weighted by atomic mass is 32.1. The smallest absolute Gasteiger partial charge is 0.231 e. The number of nitrogens with one attached hydrogen (secondary N) is 1. The quantitative estimate of drug-likeness (QED) is 0.668. The molecule has 2 aliphatic rings. The van der Waals surface area contributed by atoms with Gasteiger partial charge in [-0.3, -0.25) is 4.90 Å². The molecule has 8 heteroatoms. The third kappa shape index (κ3) is 4.01. The Bertz CT molecular complexity index is 994. The van der Waals surface area contributed by atoms with E-state index in [9.17, 15) is 0 Å². The summed E-state index contributed by atoms with van der Waals surface area (Å²) in [5.74, 6) is 2.55. The Kier molecular flexibility index (Phi) is 5.22. The Morgan fingerprint density at radius 3 is 2.83 bits per heavy atom. The first-order valence-corrected chi connectivity index (χ1v) is 10.9. The second kappa shape index (κ2) is 8.14.